The molecule has 0 heterocycles. The Labute approximate surface area is 118 Å². The highest BCUT2D eigenvalue weighted by atomic mass is 16.5. The zero-order chi connectivity index (χ0) is 14.5. The molecule has 0 aliphatic carbocycles. The summed E-state index contributed by atoms with van der Waals surface area (Å²) in [5, 5.41) is 14.2. The van der Waals surface area contributed by atoms with Crippen LogP contribution in [0.2, 0.25) is 0 Å². The van der Waals surface area contributed by atoms with Crippen LogP contribution in [-0.2, 0) is 4.74 Å². The maximum atomic E-state index is 11.2. The fourth-order valence-electron chi connectivity index (χ4n) is 2.24. The molecule has 0 saturated carbocycles. The third kappa shape index (κ3) is 3.08. The minimum Gasteiger partial charge on any atom is -0.478 e. The molecule has 106 valence electrons. The van der Waals surface area contributed by atoms with Crippen LogP contribution in [0.4, 0.5) is 5.69 Å². The molecule has 0 aliphatic heterocycles. The van der Waals surface area contributed by atoms with Crippen LogP contribution < -0.4 is 5.32 Å². The molecule has 0 bridgehead atoms. The van der Waals surface area contributed by atoms with E-state index >= 15 is 0 Å². The van der Waals surface area contributed by atoms with Crippen molar-refractivity contribution < 1.29 is 14.6 Å². The summed E-state index contributed by atoms with van der Waals surface area (Å²) in [5.41, 5.74) is 1.25. The number of carboxylic acids is 1. The predicted octanol–water partition coefficient (Wildman–Crippen LogP) is 3.37. The molecule has 0 spiro atoms. The van der Waals surface area contributed by atoms with Crippen molar-refractivity contribution in [3.63, 3.8) is 0 Å². The van der Waals surface area contributed by atoms with Crippen molar-refractivity contribution in [3.8, 4) is 0 Å². The summed E-state index contributed by atoms with van der Waals surface area (Å²) in [5.74, 6) is -0.907. The van der Waals surface area contributed by atoms with Crippen molar-refractivity contribution in [3.05, 3.63) is 42.0 Å². The summed E-state index contributed by atoms with van der Waals surface area (Å²) in [6.45, 7) is 5.34. The van der Waals surface area contributed by atoms with Crippen molar-refractivity contribution in [2.75, 3.05) is 18.5 Å². The Balaban J connectivity index is 2.31. The molecule has 4 heteroatoms. The molecule has 0 amide bonds. The zero-order valence-corrected chi connectivity index (χ0v) is 11.7. The number of carbonyl (C=O) groups is 1. The van der Waals surface area contributed by atoms with E-state index in [1.165, 1.54) is 0 Å². The molecule has 0 saturated heterocycles. The molecule has 20 heavy (non-hydrogen) atoms. The normalized spacial score (nSPS) is 12.3. The minimum absolute atomic E-state index is 0.109. The van der Waals surface area contributed by atoms with E-state index in [1.54, 1.807) is 6.07 Å². The summed E-state index contributed by atoms with van der Waals surface area (Å²) in [6.07, 6.45) is 0.109. The molecule has 2 N–H and O–H groups in total. The zero-order valence-electron chi connectivity index (χ0n) is 11.7. The van der Waals surface area contributed by atoms with Crippen molar-refractivity contribution in [1.29, 1.82) is 0 Å². The van der Waals surface area contributed by atoms with Gasteiger partial charge in [0.15, 0.2) is 0 Å². The Morgan fingerprint density at radius 1 is 1.25 bits per heavy atom. The lowest BCUT2D eigenvalue weighted by Gasteiger charge is -2.15. The summed E-state index contributed by atoms with van der Waals surface area (Å²) >= 11 is 0. The second-order valence-corrected chi connectivity index (χ2v) is 4.66. The lowest BCUT2D eigenvalue weighted by molar-refractivity contribution is 0.0699. The summed E-state index contributed by atoms with van der Waals surface area (Å²) in [6, 6.07) is 11.0. The largest absolute Gasteiger partial charge is 0.478 e. The Bertz CT molecular complexity index is 610. The van der Waals surface area contributed by atoms with E-state index in [9.17, 15) is 9.90 Å². The van der Waals surface area contributed by atoms with Crippen molar-refractivity contribution >= 4 is 22.4 Å². The van der Waals surface area contributed by atoms with Gasteiger partial charge in [0.2, 0.25) is 0 Å². The van der Waals surface area contributed by atoms with Gasteiger partial charge in [-0.2, -0.15) is 0 Å². The van der Waals surface area contributed by atoms with E-state index in [4.69, 9.17) is 4.74 Å². The molecule has 1 atom stereocenters. The number of nitrogens with one attached hydrogen (secondary N) is 1. The summed E-state index contributed by atoms with van der Waals surface area (Å²) < 4.78 is 5.48. The molecule has 4 nitrogen and oxygen atoms in total. The van der Waals surface area contributed by atoms with Crippen LogP contribution >= 0.6 is 0 Å². The Kier molecular flexibility index (Phi) is 4.58. The van der Waals surface area contributed by atoms with Gasteiger partial charge in [0, 0.05) is 24.2 Å². The number of aromatic carboxylic acids is 1. The third-order valence-electron chi connectivity index (χ3n) is 3.19. The number of hydrogen-bond acceptors (Lipinski definition) is 3. The van der Waals surface area contributed by atoms with E-state index in [-0.39, 0.29) is 6.10 Å². The topological polar surface area (TPSA) is 58.6 Å². The average Bonchev–Trinajstić information content (AvgIpc) is 2.44. The molecule has 2 aromatic carbocycles. The molecule has 2 aromatic rings. The standard InChI is InChI=1S/C16H19NO3/c1-3-20-11(2)10-17-15-9-8-14(16(18)19)12-6-4-5-7-13(12)15/h4-9,11,17H,3,10H2,1-2H3,(H,18,19). The Morgan fingerprint density at radius 3 is 2.60 bits per heavy atom. The molecule has 0 fully saturated rings. The number of rotatable bonds is 6. The maximum Gasteiger partial charge on any atom is 0.336 e. The highest BCUT2D eigenvalue weighted by molar-refractivity contribution is 6.07. The first-order chi connectivity index (χ1) is 9.63. The average molecular weight is 273 g/mol. The number of ether oxygens (including phenoxy) is 1. The molecule has 0 aliphatic rings. The van der Waals surface area contributed by atoms with E-state index in [1.807, 2.05) is 44.2 Å². The lowest BCUT2D eigenvalue weighted by Crippen LogP contribution is -2.19. The number of hydrogen-bond donors (Lipinski definition) is 2. The molecule has 0 radical (unpaired) electrons. The van der Waals surface area contributed by atoms with Crippen LogP contribution in [0, 0.1) is 0 Å². The van der Waals surface area contributed by atoms with Gasteiger partial charge in [-0.15, -0.1) is 0 Å². The van der Waals surface area contributed by atoms with E-state index < -0.39 is 5.97 Å². The number of benzene rings is 2. The second kappa shape index (κ2) is 6.39. The SMILES string of the molecule is CCOC(C)CNc1ccc(C(=O)O)c2ccccc12. The van der Waals surface area contributed by atoms with Gasteiger partial charge in [0.25, 0.3) is 0 Å². The summed E-state index contributed by atoms with van der Waals surface area (Å²) in [4.78, 5) is 11.2. The van der Waals surface area contributed by atoms with Gasteiger partial charge in [-0.3, -0.25) is 0 Å². The van der Waals surface area contributed by atoms with Crippen LogP contribution in [0.15, 0.2) is 36.4 Å². The van der Waals surface area contributed by atoms with Gasteiger partial charge in [-0.1, -0.05) is 24.3 Å². The second-order valence-electron chi connectivity index (χ2n) is 4.66. The third-order valence-corrected chi connectivity index (χ3v) is 3.19. The maximum absolute atomic E-state index is 11.2. The quantitative estimate of drug-likeness (QED) is 0.847. The van der Waals surface area contributed by atoms with Crippen LogP contribution in [-0.4, -0.2) is 30.3 Å². The number of fused-ring (bicyclic) bond motifs is 1. The van der Waals surface area contributed by atoms with Gasteiger partial charge in [0.1, 0.15) is 0 Å². The molecule has 1 unspecified atom stereocenters. The van der Waals surface area contributed by atoms with Gasteiger partial charge in [0.05, 0.1) is 11.7 Å². The Hall–Kier alpha value is -2.07. The van der Waals surface area contributed by atoms with Gasteiger partial charge in [-0.05, 0) is 31.4 Å². The molecule has 2 rings (SSSR count). The monoisotopic (exact) mass is 273 g/mol. The van der Waals surface area contributed by atoms with Crippen LogP contribution in [0.1, 0.15) is 24.2 Å². The fraction of sp³-hybridized carbons (Fsp3) is 0.312. The van der Waals surface area contributed by atoms with Crippen molar-refractivity contribution in [2.24, 2.45) is 0 Å². The first-order valence-corrected chi connectivity index (χ1v) is 6.74. The van der Waals surface area contributed by atoms with Crippen molar-refractivity contribution in [2.45, 2.75) is 20.0 Å². The summed E-state index contributed by atoms with van der Waals surface area (Å²) in [7, 11) is 0. The van der Waals surface area contributed by atoms with E-state index in [0.29, 0.717) is 18.7 Å². The highest BCUT2D eigenvalue weighted by Gasteiger charge is 2.11. The first-order valence-electron chi connectivity index (χ1n) is 6.74. The van der Waals surface area contributed by atoms with Crippen LogP contribution in [0.25, 0.3) is 10.8 Å². The van der Waals surface area contributed by atoms with Gasteiger partial charge in [-0.25, -0.2) is 4.79 Å². The molecular formula is C16H19NO3. The molecular weight excluding hydrogens is 254 g/mol. The highest BCUT2D eigenvalue weighted by Crippen LogP contribution is 2.26. The first kappa shape index (κ1) is 14.3. The number of carboxylic acid groups (broad SMARTS) is 1. The van der Waals surface area contributed by atoms with E-state index in [0.717, 1.165) is 16.5 Å². The van der Waals surface area contributed by atoms with Crippen LogP contribution in [0.3, 0.4) is 0 Å². The predicted molar refractivity (Wildman–Crippen MR) is 80.5 cm³/mol. The lowest BCUT2D eigenvalue weighted by atomic mass is 10.0. The van der Waals surface area contributed by atoms with Gasteiger partial charge < -0.3 is 15.2 Å². The minimum atomic E-state index is -0.907. The van der Waals surface area contributed by atoms with E-state index in [2.05, 4.69) is 5.32 Å². The Morgan fingerprint density at radius 2 is 1.95 bits per heavy atom. The van der Waals surface area contributed by atoms with Crippen molar-refractivity contribution in [1.82, 2.24) is 0 Å². The number of anilines is 1. The van der Waals surface area contributed by atoms with Gasteiger partial charge >= 0.3 is 5.97 Å². The molecule has 0 aromatic heterocycles. The smallest absolute Gasteiger partial charge is 0.336 e. The van der Waals surface area contributed by atoms with Crippen LogP contribution in [0.5, 0.6) is 0 Å². The fourth-order valence-corrected chi connectivity index (χ4v) is 2.24.